The molecule has 0 radical (unpaired) electrons. The lowest BCUT2D eigenvalue weighted by molar-refractivity contribution is 0.112. The lowest BCUT2D eigenvalue weighted by atomic mass is 10.2. The number of benzene rings is 2. The third-order valence-corrected chi connectivity index (χ3v) is 4.60. The fourth-order valence-electron chi connectivity index (χ4n) is 2.19. The second-order valence-corrected chi connectivity index (χ2v) is 6.67. The van der Waals surface area contributed by atoms with E-state index >= 15 is 0 Å². The molecule has 0 aliphatic rings. The average Bonchev–Trinajstić information content (AvgIpc) is 3.13. The Morgan fingerprint density at radius 1 is 1.08 bits per heavy atom. The maximum absolute atomic E-state index is 10.8. The number of hydrogen-bond acceptors (Lipinski definition) is 6. The molecule has 0 fully saturated rings. The zero-order valence-electron chi connectivity index (χ0n) is 14.0. The molecule has 3 aromatic rings. The first kappa shape index (κ1) is 18.2. The van der Waals surface area contributed by atoms with Gasteiger partial charge in [-0.15, -0.1) is 11.3 Å². The lowest BCUT2D eigenvalue weighted by Gasteiger charge is -2.10. The standard InChI is InChI=1S/C19H16ClNO4S/c1-23-18-8-13(9-22)2-7-17(18)25-10-15-12-26-19(21-15)11-24-16-5-3-14(20)4-6-16/h2-9,12H,10-11H2,1H3. The molecular weight excluding hydrogens is 374 g/mol. The summed E-state index contributed by atoms with van der Waals surface area (Å²) in [6, 6.07) is 12.2. The Morgan fingerprint density at radius 3 is 2.62 bits per heavy atom. The molecule has 0 unspecified atom stereocenters. The van der Waals surface area contributed by atoms with Crippen molar-refractivity contribution in [3.8, 4) is 17.2 Å². The molecule has 1 aromatic heterocycles. The van der Waals surface area contributed by atoms with Gasteiger partial charge < -0.3 is 14.2 Å². The van der Waals surface area contributed by atoms with Crippen LogP contribution in [0.5, 0.6) is 17.2 Å². The van der Waals surface area contributed by atoms with Crippen LogP contribution in [-0.2, 0) is 13.2 Å². The normalized spacial score (nSPS) is 10.4. The van der Waals surface area contributed by atoms with Crippen molar-refractivity contribution in [1.82, 2.24) is 4.98 Å². The monoisotopic (exact) mass is 389 g/mol. The number of ether oxygens (including phenoxy) is 3. The molecule has 0 spiro atoms. The summed E-state index contributed by atoms with van der Waals surface area (Å²) in [6.45, 7) is 0.678. The molecule has 3 rings (SSSR count). The van der Waals surface area contributed by atoms with Crippen molar-refractivity contribution >= 4 is 29.2 Å². The molecule has 0 aliphatic heterocycles. The Morgan fingerprint density at radius 2 is 1.88 bits per heavy atom. The van der Waals surface area contributed by atoms with Crippen LogP contribution in [-0.4, -0.2) is 18.4 Å². The van der Waals surface area contributed by atoms with Crippen molar-refractivity contribution in [3.63, 3.8) is 0 Å². The molecule has 0 saturated heterocycles. The maximum Gasteiger partial charge on any atom is 0.161 e. The summed E-state index contributed by atoms with van der Waals surface area (Å²) in [7, 11) is 1.53. The number of aldehydes is 1. The van der Waals surface area contributed by atoms with E-state index in [4.69, 9.17) is 25.8 Å². The van der Waals surface area contributed by atoms with Gasteiger partial charge in [0.25, 0.3) is 0 Å². The highest BCUT2D eigenvalue weighted by atomic mass is 35.5. The van der Waals surface area contributed by atoms with Gasteiger partial charge in [-0.3, -0.25) is 4.79 Å². The molecule has 0 saturated carbocycles. The van der Waals surface area contributed by atoms with E-state index in [2.05, 4.69) is 4.98 Å². The van der Waals surface area contributed by atoms with Crippen molar-refractivity contribution in [1.29, 1.82) is 0 Å². The topological polar surface area (TPSA) is 57.7 Å². The minimum Gasteiger partial charge on any atom is -0.493 e. The number of halogens is 1. The third-order valence-electron chi connectivity index (χ3n) is 3.47. The van der Waals surface area contributed by atoms with Crippen molar-refractivity contribution in [3.05, 3.63) is 69.1 Å². The van der Waals surface area contributed by atoms with E-state index in [-0.39, 0.29) is 0 Å². The predicted molar refractivity (Wildman–Crippen MR) is 101 cm³/mol. The molecular formula is C19H16ClNO4S. The zero-order valence-corrected chi connectivity index (χ0v) is 15.5. The molecule has 2 aromatic carbocycles. The van der Waals surface area contributed by atoms with Gasteiger partial charge in [0.1, 0.15) is 30.3 Å². The van der Waals surface area contributed by atoms with Crippen LogP contribution in [0.15, 0.2) is 47.8 Å². The van der Waals surface area contributed by atoms with Crippen LogP contribution >= 0.6 is 22.9 Å². The number of methoxy groups -OCH3 is 1. The Balaban J connectivity index is 1.57. The largest absolute Gasteiger partial charge is 0.493 e. The fraction of sp³-hybridized carbons (Fsp3) is 0.158. The van der Waals surface area contributed by atoms with Crippen LogP contribution in [0, 0.1) is 0 Å². The van der Waals surface area contributed by atoms with Gasteiger partial charge in [0.2, 0.25) is 0 Å². The molecule has 7 heteroatoms. The lowest BCUT2D eigenvalue weighted by Crippen LogP contribution is -2.00. The first-order valence-corrected chi connectivity index (χ1v) is 9.01. The Hall–Kier alpha value is -2.57. The van der Waals surface area contributed by atoms with E-state index in [0.717, 1.165) is 22.7 Å². The third kappa shape index (κ3) is 4.74. The summed E-state index contributed by atoms with van der Waals surface area (Å²) in [5.74, 6) is 1.81. The molecule has 26 heavy (non-hydrogen) atoms. The summed E-state index contributed by atoms with van der Waals surface area (Å²) < 4.78 is 16.7. The first-order valence-electron chi connectivity index (χ1n) is 7.75. The SMILES string of the molecule is COc1cc(C=O)ccc1OCc1csc(COc2ccc(Cl)cc2)n1. The van der Waals surface area contributed by atoms with E-state index < -0.39 is 0 Å². The van der Waals surface area contributed by atoms with Crippen molar-refractivity contribution in [2.75, 3.05) is 7.11 Å². The van der Waals surface area contributed by atoms with Crippen LogP contribution in [0.4, 0.5) is 0 Å². The van der Waals surface area contributed by atoms with E-state index in [9.17, 15) is 4.79 Å². The molecule has 0 atom stereocenters. The van der Waals surface area contributed by atoms with Gasteiger partial charge in [-0.05, 0) is 42.5 Å². The smallest absolute Gasteiger partial charge is 0.161 e. The van der Waals surface area contributed by atoms with Crippen molar-refractivity contribution < 1.29 is 19.0 Å². The number of thiazole rings is 1. The summed E-state index contributed by atoms with van der Waals surface area (Å²) >= 11 is 7.35. The summed E-state index contributed by atoms with van der Waals surface area (Å²) in [6.07, 6.45) is 0.764. The summed E-state index contributed by atoms with van der Waals surface area (Å²) in [5.41, 5.74) is 1.33. The zero-order chi connectivity index (χ0) is 18.4. The van der Waals surface area contributed by atoms with Gasteiger partial charge in [0.15, 0.2) is 11.5 Å². The molecule has 0 aliphatic carbocycles. The van der Waals surface area contributed by atoms with E-state index in [1.807, 2.05) is 17.5 Å². The van der Waals surface area contributed by atoms with Crippen molar-refractivity contribution in [2.45, 2.75) is 13.2 Å². The quantitative estimate of drug-likeness (QED) is 0.519. The van der Waals surface area contributed by atoms with Crippen LogP contribution < -0.4 is 14.2 Å². The number of rotatable bonds is 8. The first-order chi connectivity index (χ1) is 12.7. The van der Waals surface area contributed by atoms with E-state index in [1.54, 1.807) is 30.3 Å². The van der Waals surface area contributed by atoms with Crippen LogP contribution in [0.25, 0.3) is 0 Å². The van der Waals surface area contributed by atoms with Crippen LogP contribution in [0.2, 0.25) is 5.02 Å². The molecule has 134 valence electrons. The number of carbonyl (C=O) groups is 1. The van der Waals surface area contributed by atoms with Gasteiger partial charge in [-0.25, -0.2) is 4.98 Å². The highest BCUT2D eigenvalue weighted by Gasteiger charge is 2.08. The second kappa shape index (κ2) is 8.69. The number of hydrogen-bond donors (Lipinski definition) is 0. The molecule has 0 bridgehead atoms. The minimum atomic E-state index is 0.300. The summed E-state index contributed by atoms with van der Waals surface area (Å²) in [4.78, 5) is 15.3. The van der Waals surface area contributed by atoms with Gasteiger partial charge in [0.05, 0.1) is 12.8 Å². The number of aromatic nitrogens is 1. The maximum atomic E-state index is 10.8. The Labute approximate surface area is 160 Å². The van der Waals surface area contributed by atoms with Gasteiger partial charge in [0, 0.05) is 16.0 Å². The summed E-state index contributed by atoms with van der Waals surface area (Å²) in [5, 5.41) is 3.44. The second-order valence-electron chi connectivity index (χ2n) is 5.29. The number of nitrogens with zero attached hydrogens (tertiary/aromatic N) is 1. The molecule has 0 N–H and O–H groups in total. The average molecular weight is 390 g/mol. The number of carbonyl (C=O) groups excluding carboxylic acids is 1. The fourth-order valence-corrected chi connectivity index (χ4v) is 3.00. The van der Waals surface area contributed by atoms with Crippen molar-refractivity contribution in [2.24, 2.45) is 0 Å². The highest BCUT2D eigenvalue weighted by molar-refractivity contribution is 7.09. The molecule has 5 nitrogen and oxygen atoms in total. The van der Waals surface area contributed by atoms with Gasteiger partial charge >= 0.3 is 0 Å². The minimum absolute atomic E-state index is 0.300. The molecule has 0 amide bonds. The van der Waals surface area contributed by atoms with Crippen LogP contribution in [0.1, 0.15) is 21.1 Å². The van der Waals surface area contributed by atoms with Crippen LogP contribution in [0.3, 0.4) is 0 Å². The van der Waals surface area contributed by atoms with E-state index in [0.29, 0.717) is 35.3 Å². The van der Waals surface area contributed by atoms with Gasteiger partial charge in [-0.2, -0.15) is 0 Å². The highest BCUT2D eigenvalue weighted by Crippen LogP contribution is 2.28. The van der Waals surface area contributed by atoms with E-state index in [1.165, 1.54) is 18.4 Å². The Bertz CT molecular complexity index is 880. The van der Waals surface area contributed by atoms with Gasteiger partial charge in [-0.1, -0.05) is 11.6 Å². The Kier molecular flexibility index (Phi) is 6.09. The molecule has 1 heterocycles. The predicted octanol–water partition coefficient (Wildman–Crippen LogP) is 4.78.